The minimum Gasteiger partial charge on any atom is -0.339 e. The van der Waals surface area contributed by atoms with Crippen LogP contribution in [0.1, 0.15) is 49.0 Å². The molecular formula is C16H21N3O2. The quantitative estimate of drug-likeness (QED) is 0.915. The molecule has 1 aromatic carbocycles. The number of aryl methyl sites for hydroxylation is 2. The Kier molecular flexibility index (Phi) is 4.73. The highest BCUT2D eigenvalue weighted by molar-refractivity contribution is 5.91. The fourth-order valence-corrected chi connectivity index (χ4v) is 1.92. The van der Waals surface area contributed by atoms with Crippen LogP contribution < -0.4 is 5.32 Å². The summed E-state index contributed by atoms with van der Waals surface area (Å²) in [5.41, 5.74) is 3.10. The SMILES string of the molecule is Cc1cccc(NC(=O)CCc2nc(C(C)C)no2)c1C. The normalized spacial score (nSPS) is 10.9. The molecule has 0 radical (unpaired) electrons. The number of rotatable bonds is 5. The second-order valence-corrected chi connectivity index (χ2v) is 5.50. The number of hydrogen-bond donors (Lipinski definition) is 1. The number of hydrogen-bond acceptors (Lipinski definition) is 4. The number of nitrogens with one attached hydrogen (secondary N) is 1. The van der Waals surface area contributed by atoms with E-state index in [4.69, 9.17) is 4.52 Å². The van der Waals surface area contributed by atoms with Crippen LogP contribution in [-0.4, -0.2) is 16.0 Å². The molecule has 0 bridgehead atoms. The van der Waals surface area contributed by atoms with Crippen LogP contribution >= 0.6 is 0 Å². The lowest BCUT2D eigenvalue weighted by molar-refractivity contribution is -0.116. The minimum absolute atomic E-state index is 0.0482. The largest absolute Gasteiger partial charge is 0.339 e. The Bertz CT molecular complexity index is 632. The van der Waals surface area contributed by atoms with Gasteiger partial charge in [0.25, 0.3) is 0 Å². The van der Waals surface area contributed by atoms with Crippen LogP contribution in [0.15, 0.2) is 22.7 Å². The molecule has 112 valence electrons. The molecule has 0 spiro atoms. The molecule has 1 aromatic heterocycles. The van der Waals surface area contributed by atoms with Crippen LogP contribution in [0.3, 0.4) is 0 Å². The van der Waals surface area contributed by atoms with E-state index in [-0.39, 0.29) is 11.8 Å². The standard InChI is InChI=1S/C16H21N3O2/c1-10(2)16-18-15(21-19-16)9-8-14(20)17-13-7-5-6-11(3)12(13)4/h5-7,10H,8-9H2,1-4H3,(H,17,20). The monoisotopic (exact) mass is 287 g/mol. The summed E-state index contributed by atoms with van der Waals surface area (Å²) in [4.78, 5) is 16.3. The van der Waals surface area contributed by atoms with Gasteiger partial charge in [-0.25, -0.2) is 0 Å². The summed E-state index contributed by atoms with van der Waals surface area (Å²) in [6.45, 7) is 8.03. The Morgan fingerprint density at radius 1 is 1.33 bits per heavy atom. The van der Waals surface area contributed by atoms with Crippen LogP contribution in [0.25, 0.3) is 0 Å². The third-order valence-electron chi connectivity index (χ3n) is 3.44. The molecule has 1 N–H and O–H groups in total. The lowest BCUT2D eigenvalue weighted by atomic mass is 10.1. The van der Waals surface area contributed by atoms with Gasteiger partial charge in [0.15, 0.2) is 5.82 Å². The second-order valence-electron chi connectivity index (χ2n) is 5.50. The molecule has 0 aliphatic heterocycles. The van der Waals surface area contributed by atoms with Gasteiger partial charge >= 0.3 is 0 Å². The van der Waals surface area contributed by atoms with Gasteiger partial charge in [-0.2, -0.15) is 4.98 Å². The lowest BCUT2D eigenvalue weighted by Crippen LogP contribution is -2.13. The Morgan fingerprint density at radius 3 is 2.76 bits per heavy atom. The number of anilines is 1. The zero-order valence-corrected chi connectivity index (χ0v) is 12.9. The first kappa shape index (κ1) is 15.2. The first-order valence-electron chi connectivity index (χ1n) is 7.16. The molecule has 0 saturated carbocycles. The number of benzene rings is 1. The Balaban J connectivity index is 1.91. The van der Waals surface area contributed by atoms with Crippen LogP contribution in [-0.2, 0) is 11.2 Å². The van der Waals surface area contributed by atoms with Crippen LogP contribution in [0.5, 0.6) is 0 Å². The van der Waals surface area contributed by atoms with Gasteiger partial charge in [-0.05, 0) is 31.0 Å². The zero-order valence-electron chi connectivity index (χ0n) is 12.9. The predicted octanol–water partition coefficient (Wildman–Crippen LogP) is 3.38. The molecule has 0 unspecified atom stereocenters. The van der Waals surface area contributed by atoms with E-state index in [1.54, 1.807) is 0 Å². The molecule has 0 saturated heterocycles. The molecule has 2 aromatic rings. The number of carbonyl (C=O) groups excluding carboxylic acids is 1. The molecule has 1 heterocycles. The zero-order chi connectivity index (χ0) is 15.4. The maximum atomic E-state index is 12.0. The third kappa shape index (κ3) is 3.90. The van der Waals surface area contributed by atoms with Crippen molar-refractivity contribution in [1.29, 1.82) is 0 Å². The van der Waals surface area contributed by atoms with Gasteiger partial charge in [0.1, 0.15) is 0 Å². The van der Waals surface area contributed by atoms with Crippen molar-refractivity contribution in [3.63, 3.8) is 0 Å². The molecule has 0 atom stereocenters. The van der Waals surface area contributed by atoms with Crippen molar-refractivity contribution in [1.82, 2.24) is 10.1 Å². The van der Waals surface area contributed by atoms with Crippen molar-refractivity contribution < 1.29 is 9.32 Å². The van der Waals surface area contributed by atoms with Crippen molar-refractivity contribution in [3.05, 3.63) is 41.0 Å². The fourth-order valence-electron chi connectivity index (χ4n) is 1.92. The van der Waals surface area contributed by atoms with Crippen molar-refractivity contribution >= 4 is 11.6 Å². The Labute approximate surface area is 124 Å². The molecule has 1 amide bonds. The van der Waals surface area contributed by atoms with Gasteiger partial charge in [-0.1, -0.05) is 31.1 Å². The highest BCUT2D eigenvalue weighted by Gasteiger charge is 2.12. The Morgan fingerprint density at radius 2 is 2.10 bits per heavy atom. The van der Waals surface area contributed by atoms with E-state index >= 15 is 0 Å². The molecule has 5 nitrogen and oxygen atoms in total. The molecular weight excluding hydrogens is 266 g/mol. The molecule has 0 aliphatic rings. The van der Waals surface area contributed by atoms with Gasteiger partial charge in [-0.15, -0.1) is 0 Å². The average molecular weight is 287 g/mol. The number of amides is 1. The fraction of sp³-hybridized carbons (Fsp3) is 0.438. The van der Waals surface area contributed by atoms with E-state index in [9.17, 15) is 4.79 Å². The van der Waals surface area contributed by atoms with Gasteiger partial charge in [0.05, 0.1) is 0 Å². The van der Waals surface area contributed by atoms with Crippen molar-refractivity contribution in [2.45, 2.75) is 46.5 Å². The predicted molar refractivity (Wildman–Crippen MR) is 81.3 cm³/mol. The van der Waals surface area contributed by atoms with Crippen LogP contribution in [0, 0.1) is 13.8 Å². The van der Waals surface area contributed by atoms with Gasteiger partial charge in [-0.3, -0.25) is 4.79 Å². The molecule has 0 fully saturated rings. The van der Waals surface area contributed by atoms with Crippen LogP contribution in [0.2, 0.25) is 0 Å². The molecule has 0 aliphatic carbocycles. The average Bonchev–Trinajstić information content (AvgIpc) is 2.91. The third-order valence-corrected chi connectivity index (χ3v) is 3.44. The number of aromatic nitrogens is 2. The molecule has 21 heavy (non-hydrogen) atoms. The highest BCUT2D eigenvalue weighted by atomic mass is 16.5. The summed E-state index contributed by atoms with van der Waals surface area (Å²) in [5, 5.41) is 6.81. The molecule has 5 heteroatoms. The summed E-state index contributed by atoms with van der Waals surface area (Å²) < 4.78 is 5.13. The summed E-state index contributed by atoms with van der Waals surface area (Å²) in [5.74, 6) is 1.37. The smallest absolute Gasteiger partial charge is 0.227 e. The van der Waals surface area contributed by atoms with Crippen molar-refractivity contribution in [3.8, 4) is 0 Å². The maximum Gasteiger partial charge on any atom is 0.227 e. The topological polar surface area (TPSA) is 68.0 Å². The van der Waals surface area contributed by atoms with E-state index in [0.717, 1.165) is 16.8 Å². The highest BCUT2D eigenvalue weighted by Crippen LogP contribution is 2.18. The number of carbonyl (C=O) groups is 1. The van der Waals surface area contributed by atoms with Crippen molar-refractivity contribution in [2.24, 2.45) is 0 Å². The second kappa shape index (κ2) is 6.52. The van der Waals surface area contributed by atoms with E-state index in [1.807, 2.05) is 45.9 Å². The number of nitrogens with zero attached hydrogens (tertiary/aromatic N) is 2. The lowest BCUT2D eigenvalue weighted by Gasteiger charge is -2.09. The maximum absolute atomic E-state index is 12.0. The van der Waals surface area contributed by atoms with Crippen molar-refractivity contribution in [2.75, 3.05) is 5.32 Å². The van der Waals surface area contributed by atoms with E-state index in [2.05, 4.69) is 15.5 Å². The van der Waals surface area contributed by atoms with Crippen LogP contribution in [0.4, 0.5) is 5.69 Å². The Hall–Kier alpha value is -2.17. The first-order chi connectivity index (χ1) is 9.97. The van der Waals surface area contributed by atoms with Gasteiger partial charge in [0.2, 0.25) is 11.8 Å². The van der Waals surface area contributed by atoms with Gasteiger partial charge < -0.3 is 9.84 Å². The summed E-state index contributed by atoms with van der Waals surface area (Å²) >= 11 is 0. The summed E-state index contributed by atoms with van der Waals surface area (Å²) in [6.07, 6.45) is 0.781. The van der Waals surface area contributed by atoms with E-state index < -0.39 is 0 Å². The van der Waals surface area contributed by atoms with Gasteiger partial charge in [0, 0.05) is 24.4 Å². The van der Waals surface area contributed by atoms with E-state index in [1.165, 1.54) is 0 Å². The first-order valence-corrected chi connectivity index (χ1v) is 7.16. The van der Waals surface area contributed by atoms with E-state index in [0.29, 0.717) is 24.6 Å². The summed E-state index contributed by atoms with van der Waals surface area (Å²) in [7, 11) is 0. The minimum atomic E-state index is -0.0482. The molecule has 2 rings (SSSR count). The summed E-state index contributed by atoms with van der Waals surface area (Å²) in [6, 6.07) is 5.87.